The number of alkyl carbamates (subject to hydrolysis) is 1. The van der Waals surface area contributed by atoms with Crippen LogP contribution in [-0.4, -0.2) is 35.7 Å². The molecule has 1 heterocycles. The van der Waals surface area contributed by atoms with Crippen molar-refractivity contribution in [3.05, 3.63) is 102 Å². The number of nitrogens with one attached hydrogen (secondary N) is 1. The van der Waals surface area contributed by atoms with Crippen molar-refractivity contribution in [3.8, 4) is 5.75 Å². The van der Waals surface area contributed by atoms with Crippen LogP contribution in [0.15, 0.2) is 84.9 Å². The highest BCUT2D eigenvalue weighted by molar-refractivity contribution is 5.85. The van der Waals surface area contributed by atoms with Gasteiger partial charge in [0.05, 0.1) is 12.6 Å². The van der Waals surface area contributed by atoms with Crippen molar-refractivity contribution in [2.75, 3.05) is 6.54 Å². The molecule has 7 heteroatoms. The molecule has 0 aliphatic carbocycles. The monoisotopic (exact) mass is 445 g/mol. The minimum Gasteiger partial charge on any atom is -0.489 e. The lowest BCUT2D eigenvalue weighted by Crippen LogP contribution is -2.40. The lowest BCUT2D eigenvalue weighted by Gasteiger charge is -2.13. The van der Waals surface area contributed by atoms with E-state index in [1.807, 2.05) is 84.9 Å². The smallest absolute Gasteiger partial charge is 0.409 e. The van der Waals surface area contributed by atoms with Crippen molar-refractivity contribution < 1.29 is 19.1 Å². The van der Waals surface area contributed by atoms with E-state index >= 15 is 0 Å². The third-order valence-corrected chi connectivity index (χ3v) is 5.34. The topological polar surface area (TPSA) is 93.7 Å². The Labute approximate surface area is 193 Å². The Kier molecular flexibility index (Phi) is 7.22. The highest BCUT2D eigenvalue weighted by atomic mass is 16.5. The van der Waals surface area contributed by atoms with E-state index in [0.29, 0.717) is 19.6 Å². The number of carbonyl (C=O) groups excluding carboxylic acids is 2. The largest absolute Gasteiger partial charge is 0.489 e. The molecule has 2 atom stereocenters. The third-order valence-electron chi connectivity index (χ3n) is 5.34. The van der Waals surface area contributed by atoms with Gasteiger partial charge in [0, 0.05) is 0 Å². The van der Waals surface area contributed by atoms with E-state index < -0.39 is 12.1 Å². The van der Waals surface area contributed by atoms with E-state index in [0.717, 1.165) is 22.4 Å². The average Bonchev–Trinajstić information content (AvgIpc) is 3.62. The fourth-order valence-electron chi connectivity index (χ4n) is 3.42. The summed E-state index contributed by atoms with van der Waals surface area (Å²) in [5.41, 5.74) is 9.06. The van der Waals surface area contributed by atoms with Gasteiger partial charge in [-0.15, -0.1) is 0 Å². The molecule has 0 bridgehead atoms. The number of nitrogens with zero attached hydrogens (tertiary/aromatic N) is 1. The van der Waals surface area contributed by atoms with Crippen LogP contribution in [-0.2, 0) is 29.2 Å². The highest BCUT2D eigenvalue weighted by Gasteiger charge is 2.41. The summed E-state index contributed by atoms with van der Waals surface area (Å²) >= 11 is 0. The Morgan fingerprint density at radius 2 is 1.48 bits per heavy atom. The van der Waals surface area contributed by atoms with Crippen LogP contribution in [0.2, 0.25) is 0 Å². The predicted molar refractivity (Wildman–Crippen MR) is 124 cm³/mol. The molecular formula is C26H27N3O4. The van der Waals surface area contributed by atoms with Gasteiger partial charge in [0.25, 0.3) is 0 Å². The van der Waals surface area contributed by atoms with Gasteiger partial charge in [0.1, 0.15) is 25.1 Å². The van der Waals surface area contributed by atoms with Gasteiger partial charge in [-0.25, -0.2) is 4.79 Å². The minimum atomic E-state index is -0.687. The molecule has 1 saturated heterocycles. The fourth-order valence-corrected chi connectivity index (χ4v) is 3.42. The first-order valence-corrected chi connectivity index (χ1v) is 10.9. The third kappa shape index (κ3) is 6.57. The van der Waals surface area contributed by atoms with Gasteiger partial charge in [-0.2, -0.15) is 0 Å². The van der Waals surface area contributed by atoms with E-state index in [4.69, 9.17) is 15.2 Å². The molecule has 1 aliphatic heterocycles. The van der Waals surface area contributed by atoms with Gasteiger partial charge in [-0.3, -0.25) is 10.1 Å². The molecule has 3 aromatic carbocycles. The minimum absolute atomic E-state index is 0.178. The number of hydrogen-bond acceptors (Lipinski definition) is 5. The Morgan fingerprint density at radius 3 is 2.12 bits per heavy atom. The molecule has 0 spiro atoms. The molecule has 0 saturated carbocycles. The average molecular weight is 446 g/mol. The fraction of sp³-hybridized carbons (Fsp3) is 0.231. The Balaban J connectivity index is 1.18. The second-order valence-electron chi connectivity index (χ2n) is 7.94. The van der Waals surface area contributed by atoms with Crippen molar-refractivity contribution in [1.29, 1.82) is 0 Å². The molecule has 1 unspecified atom stereocenters. The number of rotatable bonds is 9. The predicted octanol–water partition coefficient (Wildman–Crippen LogP) is 3.23. The second kappa shape index (κ2) is 10.7. The summed E-state index contributed by atoms with van der Waals surface area (Å²) < 4.78 is 11.0. The zero-order chi connectivity index (χ0) is 23.0. The number of hydrogen-bond donors (Lipinski definition) is 2. The van der Waals surface area contributed by atoms with Crippen molar-refractivity contribution in [2.45, 2.75) is 31.8 Å². The maximum Gasteiger partial charge on any atom is 0.409 e. The number of benzene rings is 3. The van der Waals surface area contributed by atoms with Crippen LogP contribution in [0.5, 0.6) is 5.75 Å². The van der Waals surface area contributed by atoms with Crippen LogP contribution in [0, 0.1) is 0 Å². The van der Waals surface area contributed by atoms with Crippen LogP contribution < -0.4 is 15.8 Å². The van der Waals surface area contributed by atoms with Gasteiger partial charge in [-0.05, 0) is 35.2 Å². The van der Waals surface area contributed by atoms with Gasteiger partial charge in [-0.1, -0.05) is 72.8 Å². The summed E-state index contributed by atoms with van der Waals surface area (Å²) in [6.07, 6.45) is -0.529. The van der Waals surface area contributed by atoms with Crippen molar-refractivity contribution >= 4 is 12.0 Å². The number of carbonyl (C=O) groups is 2. The van der Waals surface area contributed by atoms with E-state index in [9.17, 15) is 9.59 Å². The summed E-state index contributed by atoms with van der Waals surface area (Å²) in [6.45, 7) is 1.10. The first kappa shape index (κ1) is 22.4. The second-order valence-corrected chi connectivity index (χ2v) is 7.94. The van der Waals surface area contributed by atoms with E-state index in [2.05, 4.69) is 5.32 Å². The van der Waals surface area contributed by atoms with Gasteiger partial charge < -0.3 is 20.1 Å². The summed E-state index contributed by atoms with van der Waals surface area (Å²) in [4.78, 5) is 26.1. The number of ether oxygens (including phenoxy) is 2. The molecule has 3 N–H and O–H groups in total. The van der Waals surface area contributed by atoms with E-state index in [1.165, 1.54) is 4.90 Å². The van der Waals surface area contributed by atoms with Crippen LogP contribution in [0.25, 0.3) is 0 Å². The summed E-state index contributed by atoms with van der Waals surface area (Å²) in [5.74, 6) is 0.555. The van der Waals surface area contributed by atoms with Gasteiger partial charge >= 0.3 is 6.09 Å². The zero-order valence-corrected chi connectivity index (χ0v) is 18.2. The molecule has 170 valence electrons. The van der Waals surface area contributed by atoms with Gasteiger partial charge in [0.15, 0.2) is 0 Å². The molecule has 1 fully saturated rings. The molecule has 4 rings (SSSR count). The molecule has 0 radical (unpaired) electrons. The number of amides is 2. The standard InChI is InChI=1S/C26H27N3O4/c27-23(15-19-11-13-22(14-12-19)32-17-20-7-3-1-4-8-20)25(30)29-16-24(29)28-26(31)33-18-21-9-5-2-6-10-21/h1-14,23-24H,15-18,27H2,(H,28,31)/t23-,24?,29?/m0/s1. The molecular weight excluding hydrogens is 418 g/mol. The lowest BCUT2D eigenvalue weighted by molar-refractivity contribution is -0.127. The first-order chi connectivity index (χ1) is 16.1. The van der Waals surface area contributed by atoms with Crippen molar-refractivity contribution in [2.24, 2.45) is 5.73 Å². The van der Waals surface area contributed by atoms with E-state index in [-0.39, 0.29) is 18.7 Å². The molecule has 3 aromatic rings. The van der Waals surface area contributed by atoms with Crippen LogP contribution in [0.4, 0.5) is 4.79 Å². The van der Waals surface area contributed by atoms with Crippen molar-refractivity contribution in [1.82, 2.24) is 10.2 Å². The Morgan fingerprint density at radius 1 is 0.879 bits per heavy atom. The van der Waals surface area contributed by atoms with Crippen molar-refractivity contribution in [3.63, 3.8) is 0 Å². The Bertz CT molecular complexity index is 1060. The maximum atomic E-state index is 12.6. The van der Waals surface area contributed by atoms with Crippen LogP contribution >= 0.6 is 0 Å². The molecule has 0 aromatic heterocycles. The quantitative estimate of drug-likeness (QED) is 0.493. The van der Waals surface area contributed by atoms with Crippen LogP contribution in [0.1, 0.15) is 16.7 Å². The normalized spacial score (nSPS) is 15.4. The maximum absolute atomic E-state index is 12.6. The summed E-state index contributed by atoms with van der Waals surface area (Å²) in [7, 11) is 0. The summed E-state index contributed by atoms with van der Waals surface area (Å²) in [5, 5.41) is 2.68. The Hall–Kier alpha value is -3.84. The van der Waals surface area contributed by atoms with E-state index in [1.54, 1.807) is 0 Å². The summed E-state index contributed by atoms with van der Waals surface area (Å²) in [6, 6.07) is 26.2. The molecule has 33 heavy (non-hydrogen) atoms. The highest BCUT2D eigenvalue weighted by Crippen LogP contribution is 2.19. The lowest BCUT2D eigenvalue weighted by atomic mass is 10.1. The van der Waals surface area contributed by atoms with Gasteiger partial charge in [0.2, 0.25) is 5.91 Å². The molecule has 1 aliphatic rings. The SMILES string of the molecule is N[C@@H](Cc1ccc(OCc2ccccc2)cc1)C(=O)N1CC1NC(=O)OCc1ccccc1. The molecule has 7 nitrogen and oxygen atoms in total. The zero-order valence-electron chi connectivity index (χ0n) is 18.2. The van der Waals surface area contributed by atoms with Crippen LogP contribution in [0.3, 0.4) is 0 Å². The number of nitrogens with two attached hydrogens (primary N) is 1. The first-order valence-electron chi connectivity index (χ1n) is 10.9. The molecule has 2 amide bonds.